The number of fused-ring (bicyclic) bond motifs is 1. The van der Waals surface area contributed by atoms with Crippen molar-refractivity contribution in [3.05, 3.63) is 35.2 Å². The van der Waals surface area contributed by atoms with E-state index in [0.29, 0.717) is 17.5 Å². The van der Waals surface area contributed by atoms with Crippen LogP contribution in [0.3, 0.4) is 0 Å². The van der Waals surface area contributed by atoms with Gasteiger partial charge in [-0.15, -0.1) is 0 Å². The number of anilines is 1. The first-order valence-corrected chi connectivity index (χ1v) is 9.11. The van der Waals surface area contributed by atoms with Crippen LogP contribution in [0.2, 0.25) is 0 Å². The van der Waals surface area contributed by atoms with Crippen LogP contribution in [0.15, 0.2) is 40.1 Å². The van der Waals surface area contributed by atoms with E-state index in [2.05, 4.69) is 5.32 Å². The van der Waals surface area contributed by atoms with Gasteiger partial charge in [0.2, 0.25) is 5.91 Å². The molecule has 1 aliphatic heterocycles. The lowest BCUT2D eigenvalue weighted by Crippen LogP contribution is -2.40. The first-order valence-electron chi connectivity index (χ1n) is 8.29. The first kappa shape index (κ1) is 16.1. The van der Waals surface area contributed by atoms with Crippen molar-refractivity contribution in [3.8, 4) is 0 Å². The summed E-state index contributed by atoms with van der Waals surface area (Å²) in [6, 6.07) is 7.97. The molecular formula is C18H22N2O2S. The molecule has 4 nitrogen and oxygen atoms in total. The molecule has 1 fully saturated rings. The Labute approximate surface area is 141 Å². The summed E-state index contributed by atoms with van der Waals surface area (Å²) in [5.41, 5.74) is 0.812. The van der Waals surface area contributed by atoms with E-state index in [9.17, 15) is 9.59 Å². The summed E-state index contributed by atoms with van der Waals surface area (Å²) in [5.74, 6) is -0.238. The summed E-state index contributed by atoms with van der Waals surface area (Å²) in [6.07, 6.45) is 7.30. The summed E-state index contributed by atoms with van der Waals surface area (Å²) in [4.78, 5) is 28.2. The zero-order chi connectivity index (χ0) is 16.2. The van der Waals surface area contributed by atoms with Gasteiger partial charge in [-0.3, -0.25) is 9.59 Å². The fourth-order valence-corrected chi connectivity index (χ4v) is 4.20. The second kappa shape index (κ2) is 7.21. The van der Waals surface area contributed by atoms with Crippen LogP contribution in [0, 0.1) is 0 Å². The highest BCUT2D eigenvalue weighted by Crippen LogP contribution is 2.37. The molecule has 0 atom stereocenters. The van der Waals surface area contributed by atoms with E-state index in [1.807, 2.05) is 36.1 Å². The van der Waals surface area contributed by atoms with Crippen LogP contribution < -0.4 is 5.32 Å². The average molecular weight is 330 g/mol. The van der Waals surface area contributed by atoms with Gasteiger partial charge in [0.05, 0.1) is 10.6 Å². The zero-order valence-electron chi connectivity index (χ0n) is 13.4. The van der Waals surface area contributed by atoms with Crippen molar-refractivity contribution in [2.75, 3.05) is 11.9 Å². The minimum absolute atomic E-state index is 0.0450. The molecule has 0 aromatic heterocycles. The normalized spacial score (nSPS) is 20.0. The van der Waals surface area contributed by atoms with E-state index in [0.717, 1.165) is 23.4 Å². The molecule has 1 saturated carbocycles. The van der Waals surface area contributed by atoms with Gasteiger partial charge in [-0.2, -0.15) is 0 Å². The SMILES string of the molecule is CCN(C(=O)/C=C1\Sc2ccccc2NC1=O)C1CCCCC1. The number of carbonyl (C=O) groups excluding carboxylic acids is 2. The molecule has 0 saturated heterocycles. The molecule has 23 heavy (non-hydrogen) atoms. The molecule has 1 aliphatic carbocycles. The number of carbonyl (C=O) groups is 2. The summed E-state index contributed by atoms with van der Waals surface area (Å²) < 4.78 is 0. The van der Waals surface area contributed by atoms with Crippen molar-refractivity contribution in [1.82, 2.24) is 4.90 Å². The molecule has 0 bridgehead atoms. The van der Waals surface area contributed by atoms with E-state index < -0.39 is 0 Å². The highest BCUT2D eigenvalue weighted by atomic mass is 32.2. The van der Waals surface area contributed by atoms with Gasteiger partial charge in [-0.25, -0.2) is 0 Å². The number of para-hydroxylation sites is 1. The second-order valence-corrected chi connectivity index (χ2v) is 7.06. The number of hydrogen-bond acceptors (Lipinski definition) is 3. The number of thioether (sulfide) groups is 1. The van der Waals surface area contributed by atoms with Gasteiger partial charge >= 0.3 is 0 Å². The van der Waals surface area contributed by atoms with Crippen LogP contribution in [-0.2, 0) is 9.59 Å². The fourth-order valence-electron chi connectivity index (χ4n) is 3.28. The van der Waals surface area contributed by atoms with E-state index in [-0.39, 0.29) is 11.8 Å². The summed E-state index contributed by atoms with van der Waals surface area (Å²) in [5, 5.41) is 2.85. The quantitative estimate of drug-likeness (QED) is 0.858. The summed E-state index contributed by atoms with van der Waals surface area (Å²) in [7, 11) is 0. The average Bonchev–Trinajstić information content (AvgIpc) is 2.57. The van der Waals surface area contributed by atoms with E-state index in [1.54, 1.807) is 0 Å². The molecule has 3 rings (SSSR count). The highest BCUT2D eigenvalue weighted by molar-refractivity contribution is 8.04. The monoisotopic (exact) mass is 330 g/mol. The van der Waals surface area contributed by atoms with Gasteiger partial charge in [-0.1, -0.05) is 43.2 Å². The van der Waals surface area contributed by atoms with E-state index >= 15 is 0 Å². The Bertz CT molecular complexity index is 636. The largest absolute Gasteiger partial charge is 0.336 e. The molecule has 0 spiro atoms. The number of likely N-dealkylation sites (N-methyl/N-ethyl adjacent to an activating group) is 1. The Morgan fingerprint density at radius 3 is 2.78 bits per heavy atom. The van der Waals surface area contributed by atoms with Crippen LogP contribution >= 0.6 is 11.8 Å². The van der Waals surface area contributed by atoms with Gasteiger partial charge in [0.15, 0.2) is 0 Å². The van der Waals surface area contributed by atoms with Gasteiger partial charge in [0.25, 0.3) is 5.91 Å². The molecule has 1 aromatic rings. The Morgan fingerprint density at radius 2 is 2.04 bits per heavy atom. The van der Waals surface area contributed by atoms with E-state index in [4.69, 9.17) is 0 Å². The van der Waals surface area contributed by atoms with Crippen molar-refractivity contribution in [2.24, 2.45) is 0 Å². The molecule has 0 radical (unpaired) electrons. The van der Waals surface area contributed by atoms with Gasteiger partial charge in [0.1, 0.15) is 0 Å². The number of rotatable bonds is 3. The van der Waals surface area contributed by atoms with E-state index in [1.165, 1.54) is 37.1 Å². The van der Waals surface area contributed by atoms with Crippen LogP contribution in [0.25, 0.3) is 0 Å². The maximum atomic E-state index is 12.7. The number of amides is 2. The number of nitrogens with one attached hydrogen (secondary N) is 1. The first-order chi connectivity index (χ1) is 11.2. The third kappa shape index (κ3) is 3.61. The molecule has 2 amide bonds. The number of nitrogens with zero attached hydrogens (tertiary/aromatic N) is 1. The zero-order valence-corrected chi connectivity index (χ0v) is 14.2. The Kier molecular flexibility index (Phi) is 5.06. The number of benzene rings is 1. The molecule has 1 heterocycles. The maximum absolute atomic E-state index is 12.7. The molecule has 1 N–H and O–H groups in total. The Balaban J connectivity index is 1.77. The molecular weight excluding hydrogens is 308 g/mol. The highest BCUT2D eigenvalue weighted by Gasteiger charge is 2.26. The topological polar surface area (TPSA) is 49.4 Å². The fraction of sp³-hybridized carbons (Fsp3) is 0.444. The number of hydrogen-bond donors (Lipinski definition) is 1. The predicted octanol–water partition coefficient (Wildman–Crippen LogP) is 3.80. The summed E-state index contributed by atoms with van der Waals surface area (Å²) in [6.45, 7) is 2.70. The molecule has 2 aliphatic rings. The minimum Gasteiger partial charge on any atom is -0.336 e. The maximum Gasteiger partial charge on any atom is 0.262 e. The molecule has 1 aromatic carbocycles. The van der Waals surface area contributed by atoms with Crippen molar-refractivity contribution < 1.29 is 9.59 Å². The van der Waals surface area contributed by atoms with Gasteiger partial charge in [0, 0.05) is 23.6 Å². The van der Waals surface area contributed by atoms with Crippen molar-refractivity contribution in [1.29, 1.82) is 0 Å². The lowest BCUT2D eigenvalue weighted by molar-refractivity contribution is -0.129. The summed E-state index contributed by atoms with van der Waals surface area (Å²) >= 11 is 1.37. The van der Waals surface area contributed by atoms with Crippen LogP contribution in [0.4, 0.5) is 5.69 Å². The van der Waals surface area contributed by atoms with Crippen molar-refractivity contribution >= 4 is 29.3 Å². The standard InChI is InChI=1S/C18H22N2O2S/c1-2-20(13-8-4-3-5-9-13)17(21)12-16-18(22)19-14-10-6-7-11-15(14)23-16/h6-7,10-13H,2-5,8-9H2,1H3,(H,19,22)/b16-12-. The van der Waals surface area contributed by atoms with Crippen molar-refractivity contribution in [3.63, 3.8) is 0 Å². The minimum atomic E-state index is -0.193. The Hall–Kier alpha value is -1.75. The van der Waals surface area contributed by atoms with Gasteiger partial charge in [-0.05, 0) is 31.9 Å². The van der Waals surface area contributed by atoms with Crippen LogP contribution in [0.5, 0.6) is 0 Å². The smallest absolute Gasteiger partial charge is 0.262 e. The van der Waals surface area contributed by atoms with Crippen LogP contribution in [-0.4, -0.2) is 29.3 Å². The van der Waals surface area contributed by atoms with Crippen molar-refractivity contribution in [2.45, 2.75) is 50.0 Å². The third-order valence-corrected chi connectivity index (χ3v) is 5.57. The molecule has 5 heteroatoms. The second-order valence-electron chi connectivity index (χ2n) is 5.98. The molecule has 0 unspecified atom stereocenters. The Morgan fingerprint density at radius 1 is 1.30 bits per heavy atom. The van der Waals surface area contributed by atoms with Gasteiger partial charge < -0.3 is 10.2 Å². The lowest BCUT2D eigenvalue weighted by Gasteiger charge is -2.33. The lowest BCUT2D eigenvalue weighted by atomic mass is 9.94. The molecule has 122 valence electrons. The van der Waals surface area contributed by atoms with Crippen LogP contribution in [0.1, 0.15) is 39.0 Å². The third-order valence-electron chi connectivity index (χ3n) is 4.47. The predicted molar refractivity (Wildman–Crippen MR) is 93.3 cm³/mol.